The first kappa shape index (κ1) is 22.7. The van der Waals surface area contributed by atoms with Crippen LogP contribution in [0.3, 0.4) is 0 Å². The van der Waals surface area contributed by atoms with E-state index in [2.05, 4.69) is 0 Å². The van der Waals surface area contributed by atoms with Crippen molar-refractivity contribution in [3.8, 4) is 17.2 Å². The summed E-state index contributed by atoms with van der Waals surface area (Å²) in [4.78, 5) is 10.9. The van der Waals surface area contributed by atoms with Crippen molar-refractivity contribution in [2.24, 2.45) is 5.73 Å². The third-order valence-electron chi connectivity index (χ3n) is 3.01. The largest absolute Gasteiger partial charge is 1.00 e. The molecule has 2 rings (SSSR count). The van der Waals surface area contributed by atoms with E-state index in [1.807, 2.05) is 67.8 Å². The van der Waals surface area contributed by atoms with E-state index in [9.17, 15) is 9.90 Å². The second kappa shape index (κ2) is 10.1. The number of aliphatic carboxylic acids is 1. The molecule has 9 heteroatoms. The summed E-state index contributed by atoms with van der Waals surface area (Å²) in [6.45, 7) is 0. The summed E-state index contributed by atoms with van der Waals surface area (Å²) in [6.07, 6.45) is 0. The van der Waals surface area contributed by atoms with Gasteiger partial charge in [0, 0.05) is 7.14 Å². The molecule has 2 aromatic rings. The van der Waals surface area contributed by atoms with Crippen LogP contribution in [0, 0.1) is 7.14 Å². The second-order valence-corrected chi connectivity index (χ2v) is 8.32. The Hall–Kier alpha value is 0.660. The first-order valence-electron chi connectivity index (χ1n) is 6.36. The summed E-state index contributed by atoms with van der Waals surface area (Å²) in [5.41, 5.74) is 6.44. The van der Waals surface area contributed by atoms with Gasteiger partial charge in [-0.15, -0.1) is 0 Å². The third-order valence-corrected chi connectivity index (χ3v) is 6.10. The Balaban J connectivity index is 0.00000288. The first-order chi connectivity index (χ1) is 10.8. The average Bonchev–Trinajstić information content (AvgIpc) is 2.51. The van der Waals surface area contributed by atoms with Crippen LogP contribution < -0.4 is 45.1 Å². The van der Waals surface area contributed by atoms with Crippen LogP contribution >= 0.6 is 67.8 Å². The molecule has 0 heterocycles. The van der Waals surface area contributed by atoms with Gasteiger partial charge in [-0.2, -0.15) is 0 Å². The van der Waals surface area contributed by atoms with Gasteiger partial charge < -0.3 is 20.7 Å². The van der Waals surface area contributed by atoms with Gasteiger partial charge in [0.2, 0.25) is 0 Å². The fraction of sp³-hybridized carbons (Fsp3) is 0.133. The van der Waals surface area contributed by atoms with E-state index in [0.717, 1.165) is 5.56 Å². The van der Waals surface area contributed by atoms with Gasteiger partial charge in [-0.25, -0.2) is 0 Å². The minimum Gasteiger partial charge on any atom is -0.871 e. The van der Waals surface area contributed by atoms with E-state index in [-0.39, 0.29) is 39.2 Å². The Morgan fingerprint density at radius 3 is 2.08 bits per heavy atom. The molecule has 0 amide bonds. The molecule has 0 unspecified atom stereocenters. The quantitative estimate of drug-likeness (QED) is 0.277. The number of halogens is 3. The Kier molecular flexibility index (Phi) is 9.57. The van der Waals surface area contributed by atoms with E-state index in [4.69, 9.17) is 15.6 Å². The molecule has 24 heavy (non-hydrogen) atoms. The van der Waals surface area contributed by atoms with Crippen LogP contribution in [0.1, 0.15) is 9.49 Å². The number of hydrogen-bond acceptors (Lipinski definition) is 4. The van der Waals surface area contributed by atoms with Crippen molar-refractivity contribution in [3.05, 3.63) is 49.1 Å². The van der Waals surface area contributed by atoms with Gasteiger partial charge in [0.15, 0.2) is 0 Å². The molecule has 0 radical (unpaired) electrons. The van der Waals surface area contributed by atoms with Crippen LogP contribution in [0.4, 0.5) is 0 Å². The van der Waals surface area contributed by atoms with Crippen LogP contribution in [-0.4, -0.2) is 17.1 Å². The fourth-order valence-electron chi connectivity index (χ4n) is 1.78. The predicted molar refractivity (Wildman–Crippen MR) is 110 cm³/mol. The summed E-state index contributed by atoms with van der Waals surface area (Å²) < 4.78 is 6.60. The Labute approximate surface area is 202 Å². The summed E-state index contributed by atoms with van der Waals surface area (Å²) in [7, 11) is 0. The standard InChI is InChI=1S/C15H12I3NO4.Na/c16-10-5-9(6-11(17)14(10)20)23-8-3-1-7(2-4-8)12(18)13(19)15(21)22;/h1-6,12-13,20H,19H2,(H,21,22);/q;+1/p-1/t12-,13+;/m0./s1. The maximum Gasteiger partial charge on any atom is 1.00 e. The van der Waals surface area contributed by atoms with Gasteiger partial charge in [-0.05, 0) is 75.0 Å². The molecule has 0 aliphatic heterocycles. The van der Waals surface area contributed by atoms with Crippen LogP contribution in [0.25, 0.3) is 0 Å². The molecule has 0 saturated heterocycles. The Bertz CT molecular complexity index is 704. The summed E-state index contributed by atoms with van der Waals surface area (Å²) >= 11 is 5.97. The minimum absolute atomic E-state index is 0. The van der Waals surface area contributed by atoms with E-state index < -0.39 is 12.0 Å². The molecule has 0 spiro atoms. The molecule has 0 aliphatic rings. The van der Waals surface area contributed by atoms with Crippen molar-refractivity contribution in [1.29, 1.82) is 0 Å². The summed E-state index contributed by atoms with van der Waals surface area (Å²) in [6, 6.07) is 9.47. The number of carbonyl (C=O) groups is 1. The van der Waals surface area contributed by atoms with E-state index in [0.29, 0.717) is 18.6 Å². The predicted octanol–water partition coefficient (Wildman–Crippen LogP) is 0.654. The van der Waals surface area contributed by atoms with E-state index in [1.165, 1.54) is 0 Å². The number of rotatable bonds is 5. The molecular formula is C15H11I3NNaO4. The smallest absolute Gasteiger partial charge is 0.871 e. The topological polar surface area (TPSA) is 95.6 Å². The van der Waals surface area contributed by atoms with Crippen LogP contribution in [0.15, 0.2) is 36.4 Å². The van der Waals surface area contributed by atoms with Crippen molar-refractivity contribution in [2.75, 3.05) is 0 Å². The molecule has 0 aliphatic carbocycles. The van der Waals surface area contributed by atoms with Crippen LogP contribution in [-0.2, 0) is 4.79 Å². The Morgan fingerprint density at radius 2 is 1.62 bits per heavy atom. The number of alkyl halides is 1. The molecule has 5 nitrogen and oxygen atoms in total. The molecule has 122 valence electrons. The molecular weight excluding hydrogens is 662 g/mol. The number of carboxylic acid groups (broad SMARTS) is 1. The van der Waals surface area contributed by atoms with Gasteiger partial charge in [0.05, 0.1) is 3.92 Å². The zero-order chi connectivity index (χ0) is 17.1. The number of benzene rings is 2. The molecule has 0 saturated carbocycles. The van der Waals surface area contributed by atoms with Crippen molar-refractivity contribution >= 4 is 73.7 Å². The SMILES string of the molecule is N[C@@H](C(=O)O)[C@@H](I)c1ccc(Oc2cc(I)c([O-])c(I)c2)cc1.[Na+]. The van der Waals surface area contributed by atoms with Crippen LogP contribution in [0.2, 0.25) is 0 Å². The zero-order valence-corrected chi connectivity index (χ0v) is 21.0. The normalized spacial score (nSPS) is 12.8. The van der Waals surface area contributed by atoms with Crippen molar-refractivity contribution < 1.29 is 49.3 Å². The Morgan fingerprint density at radius 1 is 1.12 bits per heavy atom. The van der Waals surface area contributed by atoms with Gasteiger partial charge in [0.25, 0.3) is 0 Å². The molecule has 0 bridgehead atoms. The number of ether oxygens (including phenoxy) is 1. The summed E-state index contributed by atoms with van der Waals surface area (Å²) in [5, 5.41) is 20.6. The maximum absolute atomic E-state index is 11.7. The monoisotopic (exact) mass is 673 g/mol. The van der Waals surface area contributed by atoms with Gasteiger partial charge in [-0.1, -0.05) is 40.5 Å². The second-order valence-electron chi connectivity index (χ2n) is 4.65. The molecule has 0 aromatic heterocycles. The molecule has 2 aromatic carbocycles. The average molecular weight is 673 g/mol. The zero-order valence-electron chi connectivity index (χ0n) is 12.5. The number of carboxylic acids is 1. The van der Waals surface area contributed by atoms with Crippen molar-refractivity contribution in [2.45, 2.75) is 9.97 Å². The van der Waals surface area contributed by atoms with Crippen molar-refractivity contribution in [1.82, 2.24) is 0 Å². The fourth-order valence-corrected chi connectivity index (χ4v) is 4.22. The molecule has 0 fully saturated rings. The van der Waals surface area contributed by atoms with E-state index in [1.54, 1.807) is 36.4 Å². The van der Waals surface area contributed by atoms with Gasteiger partial charge >= 0.3 is 35.5 Å². The number of hydrogen-bond donors (Lipinski definition) is 2. The van der Waals surface area contributed by atoms with Crippen LogP contribution in [0.5, 0.6) is 17.2 Å². The maximum atomic E-state index is 11.7. The minimum atomic E-state index is -1.04. The first-order valence-corrected chi connectivity index (χ1v) is 9.76. The molecule has 2 atom stereocenters. The van der Waals surface area contributed by atoms with Gasteiger partial charge in [0.1, 0.15) is 17.5 Å². The van der Waals surface area contributed by atoms with E-state index >= 15 is 0 Å². The van der Waals surface area contributed by atoms with Gasteiger partial charge in [-0.3, -0.25) is 4.79 Å². The van der Waals surface area contributed by atoms with Crippen molar-refractivity contribution in [3.63, 3.8) is 0 Å². The number of nitrogens with two attached hydrogens (primary N) is 1. The third kappa shape index (κ3) is 5.84. The summed E-state index contributed by atoms with van der Waals surface area (Å²) in [5.74, 6) is 0.141. The molecule has 3 N–H and O–H groups in total.